The molecule has 8 heteroatoms. The van der Waals surface area contributed by atoms with Crippen molar-refractivity contribution in [1.29, 1.82) is 0 Å². The number of allylic oxidation sites excluding steroid dienone is 2. The second-order valence-electron chi connectivity index (χ2n) is 11.6. The molecular formula is C36H32FN3O4. The van der Waals surface area contributed by atoms with Crippen molar-refractivity contribution < 1.29 is 23.8 Å². The second-order valence-corrected chi connectivity index (χ2v) is 11.6. The van der Waals surface area contributed by atoms with Gasteiger partial charge in [-0.3, -0.25) is 9.78 Å². The van der Waals surface area contributed by atoms with E-state index in [-0.39, 0.29) is 18.1 Å². The van der Waals surface area contributed by atoms with E-state index in [2.05, 4.69) is 15.3 Å². The number of carbonyl (C=O) groups excluding carboxylic acids is 1. The highest BCUT2D eigenvalue weighted by Crippen LogP contribution is 2.36. The summed E-state index contributed by atoms with van der Waals surface area (Å²) in [5.74, 6) is 0.645. The molecule has 5 aromatic rings. The molecule has 0 spiro atoms. The first-order valence-electron chi connectivity index (χ1n) is 14.3. The van der Waals surface area contributed by atoms with Gasteiger partial charge in [0.1, 0.15) is 23.9 Å². The summed E-state index contributed by atoms with van der Waals surface area (Å²) in [6.07, 6.45) is 5.77. The van der Waals surface area contributed by atoms with Crippen LogP contribution < -0.4 is 14.8 Å². The molecular weight excluding hydrogens is 557 g/mol. The average molecular weight is 590 g/mol. The minimum Gasteiger partial charge on any atom is -0.490 e. The maximum atomic E-state index is 15.4. The van der Waals surface area contributed by atoms with Gasteiger partial charge in [0.15, 0.2) is 17.3 Å². The van der Waals surface area contributed by atoms with Gasteiger partial charge in [0, 0.05) is 35.1 Å². The van der Waals surface area contributed by atoms with Gasteiger partial charge >= 0.3 is 0 Å². The topological polar surface area (TPSA) is 93.6 Å². The Morgan fingerprint density at radius 1 is 0.932 bits per heavy atom. The molecule has 222 valence electrons. The molecule has 44 heavy (non-hydrogen) atoms. The molecule has 2 N–H and O–H groups in total. The molecule has 2 aromatic heterocycles. The molecule has 2 heterocycles. The van der Waals surface area contributed by atoms with Crippen LogP contribution in [-0.2, 0) is 6.42 Å². The predicted octanol–water partition coefficient (Wildman–Crippen LogP) is 7.89. The number of benzene rings is 3. The van der Waals surface area contributed by atoms with E-state index in [1.54, 1.807) is 44.4 Å². The molecule has 1 aliphatic rings. The number of aromatic nitrogens is 2. The Kier molecular flexibility index (Phi) is 7.61. The Morgan fingerprint density at radius 2 is 1.70 bits per heavy atom. The Hall–Kier alpha value is -5.08. The second kappa shape index (κ2) is 11.5. The largest absolute Gasteiger partial charge is 0.490 e. The fourth-order valence-electron chi connectivity index (χ4n) is 5.11. The minimum absolute atomic E-state index is 0.0197. The van der Waals surface area contributed by atoms with Crippen molar-refractivity contribution in [1.82, 2.24) is 9.97 Å². The number of Topliss-reactive ketones (excluding diaryl/α,β-unsaturated/α-hetero) is 1. The summed E-state index contributed by atoms with van der Waals surface area (Å²) in [7, 11) is 0. The molecule has 0 saturated heterocycles. The van der Waals surface area contributed by atoms with E-state index < -0.39 is 11.4 Å². The zero-order chi connectivity index (χ0) is 31.0. The summed E-state index contributed by atoms with van der Waals surface area (Å²) in [6, 6.07) is 19.5. The summed E-state index contributed by atoms with van der Waals surface area (Å²) < 4.78 is 27.3. The number of hydrogen-bond donors (Lipinski definition) is 2. The van der Waals surface area contributed by atoms with Crippen LogP contribution in [0.25, 0.3) is 16.5 Å². The Bertz CT molecular complexity index is 1930. The molecule has 3 aromatic carbocycles. The number of carbonyl (C=O) groups is 1. The monoisotopic (exact) mass is 589 g/mol. The lowest BCUT2D eigenvalue weighted by molar-refractivity contribution is 0.0283. The van der Waals surface area contributed by atoms with E-state index in [0.29, 0.717) is 51.5 Å². The van der Waals surface area contributed by atoms with E-state index in [1.165, 1.54) is 12.1 Å². The van der Waals surface area contributed by atoms with Gasteiger partial charge in [-0.25, -0.2) is 9.37 Å². The number of halogens is 1. The van der Waals surface area contributed by atoms with Crippen LogP contribution in [-0.4, -0.2) is 33.1 Å². The van der Waals surface area contributed by atoms with Gasteiger partial charge in [0.05, 0.1) is 16.7 Å². The van der Waals surface area contributed by atoms with Crippen molar-refractivity contribution in [3.8, 4) is 17.2 Å². The first-order chi connectivity index (χ1) is 21.1. The molecule has 0 aliphatic heterocycles. The van der Waals surface area contributed by atoms with Gasteiger partial charge in [-0.15, -0.1) is 0 Å². The van der Waals surface area contributed by atoms with Crippen molar-refractivity contribution in [3.05, 3.63) is 119 Å². The smallest absolute Gasteiger partial charge is 0.197 e. The van der Waals surface area contributed by atoms with E-state index in [4.69, 9.17) is 9.47 Å². The number of aliphatic hydroxyl groups is 1. The lowest BCUT2D eigenvalue weighted by Crippen LogP contribution is -2.28. The maximum Gasteiger partial charge on any atom is 0.197 e. The van der Waals surface area contributed by atoms with Gasteiger partial charge in [0.25, 0.3) is 0 Å². The quantitative estimate of drug-likeness (QED) is 0.190. The SMILES string of the molecule is Cc1ccc(C2=CCc3ccnc(Nc4ccc(Oc5ccnc6cc(C)c(OCC(C)(C)O)cc56)c(F)c4)c3C2=O)cc1. The number of nitrogens with one attached hydrogen (secondary N) is 1. The first-order valence-corrected chi connectivity index (χ1v) is 14.3. The van der Waals surface area contributed by atoms with Crippen LogP contribution in [0, 0.1) is 19.7 Å². The van der Waals surface area contributed by atoms with Crippen molar-refractivity contribution >= 4 is 33.8 Å². The van der Waals surface area contributed by atoms with Crippen LogP contribution in [0.1, 0.15) is 46.5 Å². The molecule has 0 saturated carbocycles. The number of hydrogen-bond acceptors (Lipinski definition) is 7. The Balaban J connectivity index is 1.25. The minimum atomic E-state index is -1.00. The number of rotatable bonds is 8. The lowest BCUT2D eigenvalue weighted by Gasteiger charge is -2.20. The zero-order valence-corrected chi connectivity index (χ0v) is 24.9. The average Bonchev–Trinajstić information content (AvgIpc) is 2.98. The molecule has 0 radical (unpaired) electrons. The number of nitrogens with zero attached hydrogens (tertiary/aromatic N) is 2. The van der Waals surface area contributed by atoms with Gasteiger partial charge in [-0.2, -0.15) is 0 Å². The van der Waals surface area contributed by atoms with Crippen LogP contribution in [0.3, 0.4) is 0 Å². The fraction of sp³-hybridized carbons (Fsp3) is 0.194. The predicted molar refractivity (Wildman–Crippen MR) is 169 cm³/mol. The van der Waals surface area contributed by atoms with Gasteiger partial charge in [-0.05, 0) is 87.2 Å². The molecule has 0 bridgehead atoms. The van der Waals surface area contributed by atoms with Crippen molar-refractivity contribution in [2.45, 2.75) is 39.7 Å². The summed E-state index contributed by atoms with van der Waals surface area (Å²) in [6.45, 7) is 7.34. The third-order valence-electron chi connectivity index (χ3n) is 7.39. The summed E-state index contributed by atoms with van der Waals surface area (Å²) in [5, 5.41) is 13.9. The van der Waals surface area contributed by atoms with Crippen LogP contribution in [0.5, 0.6) is 17.2 Å². The van der Waals surface area contributed by atoms with E-state index in [1.807, 2.05) is 56.3 Å². The summed E-state index contributed by atoms with van der Waals surface area (Å²) in [5.41, 5.74) is 4.86. The van der Waals surface area contributed by atoms with Gasteiger partial charge in [0.2, 0.25) is 0 Å². The fourth-order valence-corrected chi connectivity index (χ4v) is 5.11. The third kappa shape index (κ3) is 6.02. The summed E-state index contributed by atoms with van der Waals surface area (Å²) >= 11 is 0. The van der Waals surface area contributed by atoms with Crippen LogP contribution in [0.2, 0.25) is 0 Å². The lowest BCUT2D eigenvalue weighted by atomic mass is 9.87. The number of fused-ring (bicyclic) bond motifs is 2. The highest BCUT2D eigenvalue weighted by molar-refractivity contribution is 6.32. The summed E-state index contributed by atoms with van der Waals surface area (Å²) in [4.78, 5) is 22.5. The van der Waals surface area contributed by atoms with Crippen LogP contribution in [0.15, 0.2) is 85.2 Å². The number of ketones is 1. The molecule has 7 nitrogen and oxygen atoms in total. The number of aryl methyl sites for hydroxylation is 2. The molecule has 0 fully saturated rings. The highest BCUT2D eigenvalue weighted by atomic mass is 19.1. The molecule has 0 amide bonds. The van der Waals surface area contributed by atoms with E-state index >= 15 is 4.39 Å². The van der Waals surface area contributed by atoms with E-state index in [9.17, 15) is 9.90 Å². The maximum absolute atomic E-state index is 15.4. The Morgan fingerprint density at radius 3 is 2.45 bits per heavy atom. The van der Waals surface area contributed by atoms with Gasteiger partial charge < -0.3 is 19.9 Å². The molecule has 6 rings (SSSR count). The van der Waals surface area contributed by atoms with Crippen molar-refractivity contribution in [2.75, 3.05) is 11.9 Å². The normalized spacial score (nSPS) is 13.0. The Labute approximate surface area is 255 Å². The number of ether oxygens (including phenoxy) is 2. The van der Waals surface area contributed by atoms with Crippen molar-refractivity contribution in [2.24, 2.45) is 0 Å². The molecule has 1 aliphatic carbocycles. The third-order valence-corrected chi connectivity index (χ3v) is 7.39. The highest BCUT2D eigenvalue weighted by Gasteiger charge is 2.26. The van der Waals surface area contributed by atoms with Crippen molar-refractivity contribution in [3.63, 3.8) is 0 Å². The van der Waals surface area contributed by atoms with Gasteiger partial charge in [-0.1, -0.05) is 35.9 Å². The van der Waals surface area contributed by atoms with E-state index in [0.717, 1.165) is 22.3 Å². The number of pyridine rings is 2. The molecule has 0 unspecified atom stereocenters. The zero-order valence-electron chi connectivity index (χ0n) is 24.9. The first kappa shape index (κ1) is 29.0. The van der Waals surface area contributed by atoms with Crippen LogP contribution in [0.4, 0.5) is 15.9 Å². The number of anilines is 2. The van der Waals surface area contributed by atoms with Crippen LogP contribution >= 0.6 is 0 Å². The molecule has 0 atom stereocenters. The standard InChI is InChI=1S/C36H32FN3O4/c1-21-5-7-23(8-6-21)26-11-9-24-13-15-39-35(33(24)34(26)41)40-25-10-12-31(28(37)18-25)44-30-14-16-38-29-17-22(2)32(19-27(29)30)43-20-36(3,4)42/h5-8,10-19,42H,9,20H2,1-4H3,(H,39,40).